The predicted molar refractivity (Wildman–Crippen MR) is 131 cm³/mol. The van der Waals surface area contributed by atoms with Crippen LogP contribution in [0.15, 0.2) is 42.9 Å². The number of hydrogen-bond acceptors (Lipinski definition) is 6. The van der Waals surface area contributed by atoms with Crippen LogP contribution in [-0.4, -0.2) is 56.5 Å². The SMILES string of the molecule is CS(=O)NCCC(NC(=O)C1(N)CCN(c2ncnc3[nH]ccc23)CC1)c1ccc(Cl)cc1. The number of halogens is 1. The van der Waals surface area contributed by atoms with E-state index in [0.29, 0.717) is 43.9 Å². The fraction of sp³-hybridized carbons (Fsp3) is 0.409. The summed E-state index contributed by atoms with van der Waals surface area (Å²) in [6, 6.07) is 9.04. The third-order valence-corrected chi connectivity index (χ3v) is 6.92. The zero-order valence-electron chi connectivity index (χ0n) is 18.4. The third kappa shape index (κ3) is 5.52. The summed E-state index contributed by atoms with van der Waals surface area (Å²) in [6.45, 7) is 1.72. The van der Waals surface area contributed by atoms with Gasteiger partial charge in [-0.15, -0.1) is 0 Å². The number of anilines is 1. The lowest BCUT2D eigenvalue weighted by Crippen LogP contribution is -2.60. The number of nitrogens with one attached hydrogen (secondary N) is 3. The molecule has 1 aliphatic rings. The first kappa shape index (κ1) is 23.6. The van der Waals surface area contributed by atoms with Gasteiger partial charge in [-0.05, 0) is 43.0 Å². The van der Waals surface area contributed by atoms with Crippen LogP contribution in [0.5, 0.6) is 0 Å². The maximum Gasteiger partial charge on any atom is 0.240 e. The second-order valence-corrected chi connectivity index (χ2v) is 9.93. The highest BCUT2D eigenvalue weighted by Crippen LogP contribution is 2.29. The first-order valence-electron chi connectivity index (χ1n) is 10.8. The van der Waals surface area contributed by atoms with Gasteiger partial charge >= 0.3 is 0 Å². The molecule has 0 bridgehead atoms. The molecule has 1 fully saturated rings. The highest BCUT2D eigenvalue weighted by atomic mass is 35.5. The number of carbonyl (C=O) groups is 1. The molecule has 2 atom stereocenters. The summed E-state index contributed by atoms with van der Waals surface area (Å²) in [5.41, 5.74) is 7.33. The third-order valence-electron chi connectivity index (χ3n) is 6.06. The van der Waals surface area contributed by atoms with Gasteiger partial charge in [-0.25, -0.2) is 18.9 Å². The molecule has 9 nitrogen and oxygen atoms in total. The molecule has 0 radical (unpaired) electrons. The van der Waals surface area contributed by atoms with Crippen molar-refractivity contribution in [1.82, 2.24) is 25.0 Å². The standard InChI is InChI=1S/C22H28ClN7O2S/c1-33(32)28-11-7-18(15-2-4-16(23)5-3-15)29-21(31)22(24)8-12-30(13-9-22)20-17-6-10-25-19(17)26-14-27-20/h2-6,10,14,18,28H,7-9,11-13,24H2,1H3,(H,29,31)(H,25,26,27). The molecule has 0 aliphatic carbocycles. The summed E-state index contributed by atoms with van der Waals surface area (Å²) >= 11 is 6.03. The maximum absolute atomic E-state index is 13.3. The monoisotopic (exact) mass is 489 g/mol. The highest BCUT2D eigenvalue weighted by molar-refractivity contribution is 7.82. The van der Waals surface area contributed by atoms with Crippen molar-refractivity contribution in [3.8, 4) is 0 Å². The second kappa shape index (κ2) is 10.2. The summed E-state index contributed by atoms with van der Waals surface area (Å²) in [4.78, 5) is 27.2. The average Bonchev–Trinajstić information content (AvgIpc) is 3.28. The number of amides is 1. The zero-order valence-corrected chi connectivity index (χ0v) is 20.0. The van der Waals surface area contributed by atoms with E-state index in [-0.39, 0.29) is 11.9 Å². The van der Waals surface area contributed by atoms with Crippen molar-refractivity contribution in [2.24, 2.45) is 5.73 Å². The summed E-state index contributed by atoms with van der Waals surface area (Å²) in [7, 11) is -1.12. The van der Waals surface area contributed by atoms with Gasteiger partial charge in [0.1, 0.15) is 17.8 Å². The lowest BCUT2D eigenvalue weighted by molar-refractivity contribution is -0.127. The molecule has 33 heavy (non-hydrogen) atoms. The van der Waals surface area contributed by atoms with Gasteiger partial charge in [-0.3, -0.25) is 4.79 Å². The Morgan fingerprint density at radius 3 is 2.70 bits per heavy atom. The van der Waals surface area contributed by atoms with Crippen LogP contribution in [0.3, 0.4) is 0 Å². The topological polar surface area (TPSA) is 129 Å². The average molecular weight is 490 g/mol. The fourth-order valence-electron chi connectivity index (χ4n) is 4.12. The number of aromatic nitrogens is 3. The Hall–Kier alpha value is -2.53. The Kier molecular flexibility index (Phi) is 7.28. The van der Waals surface area contributed by atoms with E-state index in [1.165, 1.54) is 0 Å². The number of piperidine rings is 1. The normalized spacial score (nSPS) is 17.6. The summed E-state index contributed by atoms with van der Waals surface area (Å²) in [5.74, 6) is 0.663. The summed E-state index contributed by atoms with van der Waals surface area (Å²) in [6.07, 6.45) is 6.53. The van der Waals surface area contributed by atoms with E-state index in [0.717, 1.165) is 22.4 Å². The van der Waals surface area contributed by atoms with E-state index in [1.54, 1.807) is 24.7 Å². The molecule has 11 heteroatoms. The van der Waals surface area contributed by atoms with Crippen LogP contribution < -0.4 is 20.7 Å². The predicted octanol–water partition coefficient (Wildman–Crippen LogP) is 2.04. The van der Waals surface area contributed by atoms with Crippen molar-refractivity contribution in [2.75, 3.05) is 30.8 Å². The molecule has 2 unspecified atom stereocenters. The first-order chi connectivity index (χ1) is 15.9. The number of aromatic amines is 1. The molecule has 1 aliphatic heterocycles. The number of nitrogens with two attached hydrogens (primary N) is 1. The Bertz CT molecular complexity index is 1130. The van der Waals surface area contributed by atoms with Crippen molar-refractivity contribution in [2.45, 2.75) is 30.8 Å². The minimum atomic E-state index is -1.12. The number of fused-ring (bicyclic) bond motifs is 1. The van der Waals surface area contributed by atoms with Gasteiger partial charge in [0.25, 0.3) is 0 Å². The molecule has 5 N–H and O–H groups in total. The van der Waals surface area contributed by atoms with Gasteiger partial charge in [0.05, 0.1) is 28.0 Å². The van der Waals surface area contributed by atoms with Gasteiger partial charge in [-0.2, -0.15) is 0 Å². The van der Waals surface area contributed by atoms with Crippen molar-refractivity contribution < 1.29 is 9.00 Å². The number of hydrogen-bond donors (Lipinski definition) is 4. The van der Waals surface area contributed by atoms with Crippen molar-refractivity contribution in [1.29, 1.82) is 0 Å². The summed E-state index contributed by atoms with van der Waals surface area (Å²) in [5, 5.41) is 4.70. The van der Waals surface area contributed by atoms with Crippen LogP contribution in [0.25, 0.3) is 11.0 Å². The second-order valence-electron chi connectivity index (χ2n) is 8.30. The van der Waals surface area contributed by atoms with Gasteiger partial charge in [0.15, 0.2) is 0 Å². The van der Waals surface area contributed by atoms with E-state index in [4.69, 9.17) is 17.3 Å². The lowest BCUT2D eigenvalue weighted by atomic mass is 9.87. The Morgan fingerprint density at radius 2 is 2.00 bits per heavy atom. The first-order valence-corrected chi connectivity index (χ1v) is 12.7. The van der Waals surface area contributed by atoms with Crippen LogP contribution in [0.2, 0.25) is 5.02 Å². The molecule has 0 spiro atoms. The number of benzene rings is 1. The minimum Gasteiger partial charge on any atom is -0.356 e. The molecule has 0 saturated carbocycles. The molecule has 1 aromatic carbocycles. The number of carbonyl (C=O) groups excluding carboxylic acids is 1. The van der Waals surface area contributed by atoms with E-state index in [2.05, 4.69) is 29.9 Å². The van der Waals surface area contributed by atoms with Gasteiger partial charge < -0.3 is 20.9 Å². The summed E-state index contributed by atoms with van der Waals surface area (Å²) < 4.78 is 14.3. The quantitative estimate of drug-likeness (QED) is 0.383. The molecular weight excluding hydrogens is 462 g/mol. The van der Waals surface area contributed by atoms with E-state index in [9.17, 15) is 9.00 Å². The van der Waals surface area contributed by atoms with Gasteiger partial charge in [0.2, 0.25) is 5.91 Å². The zero-order chi connectivity index (χ0) is 23.4. The van der Waals surface area contributed by atoms with E-state index >= 15 is 0 Å². The van der Waals surface area contributed by atoms with Crippen LogP contribution >= 0.6 is 11.6 Å². The molecule has 3 heterocycles. The maximum atomic E-state index is 13.3. The van der Waals surface area contributed by atoms with Crippen LogP contribution in [0.1, 0.15) is 30.9 Å². The fourth-order valence-corrected chi connectivity index (χ4v) is 4.65. The number of H-pyrrole nitrogens is 1. The Morgan fingerprint density at radius 1 is 1.27 bits per heavy atom. The number of rotatable bonds is 8. The van der Waals surface area contributed by atoms with E-state index in [1.807, 2.05) is 24.4 Å². The smallest absolute Gasteiger partial charge is 0.240 e. The molecule has 3 aromatic rings. The number of nitrogens with zero attached hydrogens (tertiary/aromatic N) is 3. The molecule has 4 rings (SSSR count). The van der Waals surface area contributed by atoms with Crippen LogP contribution in [0, 0.1) is 0 Å². The van der Waals surface area contributed by atoms with E-state index < -0.39 is 16.5 Å². The highest BCUT2D eigenvalue weighted by Gasteiger charge is 2.39. The largest absolute Gasteiger partial charge is 0.356 e. The molecule has 176 valence electrons. The van der Waals surface area contributed by atoms with Crippen molar-refractivity contribution in [3.05, 3.63) is 53.4 Å². The van der Waals surface area contributed by atoms with Crippen molar-refractivity contribution in [3.63, 3.8) is 0 Å². The van der Waals surface area contributed by atoms with Gasteiger partial charge in [0, 0.05) is 37.1 Å². The van der Waals surface area contributed by atoms with Gasteiger partial charge in [-0.1, -0.05) is 23.7 Å². The molecule has 1 saturated heterocycles. The molecule has 1 amide bonds. The van der Waals surface area contributed by atoms with Crippen LogP contribution in [0.4, 0.5) is 5.82 Å². The lowest BCUT2D eigenvalue weighted by Gasteiger charge is -2.39. The Balaban J connectivity index is 1.43. The van der Waals surface area contributed by atoms with Crippen molar-refractivity contribution >= 4 is 45.3 Å². The molecular formula is C22H28ClN7O2S. The molecule has 2 aromatic heterocycles. The minimum absolute atomic E-state index is 0.186. The van der Waals surface area contributed by atoms with Crippen LogP contribution in [-0.2, 0) is 15.8 Å². The Labute approximate surface area is 200 Å².